The first kappa shape index (κ1) is 44.7. The van der Waals surface area contributed by atoms with Crippen LogP contribution in [0.15, 0.2) is 84.3 Å². The molecule has 5 rings (SSSR count). The summed E-state index contributed by atoms with van der Waals surface area (Å²) >= 11 is -3.46. The van der Waals surface area contributed by atoms with Crippen LogP contribution in [0.3, 0.4) is 0 Å². The van der Waals surface area contributed by atoms with Gasteiger partial charge in [-0.05, 0) is 56.5 Å². The first-order valence-electron chi connectivity index (χ1n) is 17.6. The number of amidine groups is 3. The average molecular weight is 811 g/mol. The fraction of sp³-hybridized carbons (Fsp3) is 0.351. The maximum atomic E-state index is 12.1. The molecule has 4 atom stereocenters. The van der Waals surface area contributed by atoms with Gasteiger partial charge in [0.05, 0.1) is 29.1 Å². The third kappa shape index (κ3) is 12.4. The van der Waals surface area contributed by atoms with Crippen molar-refractivity contribution >= 4 is 68.9 Å². The fourth-order valence-corrected chi connectivity index (χ4v) is 5.87. The van der Waals surface area contributed by atoms with Crippen molar-refractivity contribution in [2.24, 2.45) is 23.3 Å². The number of carbonyl (C=O) groups is 2. The lowest BCUT2D eigenvalue weighted by Crippen LogP contribution is -2.39. The average Bonchev–Trinajstić information content (AvgIpc) is 3.71. The van der Waals surface area contributed by atoms with E-state index in [0.717, 1.165) is 12.8 Å². The van der Waals surface area contributed by atoms with Gasteiger partial charge in [0.25, 0.3) is 40.1 Å². The summed E-state index contributed by atoms with van der Waals surface area (Å²) in [6, 6.07) is 20.0. The van der Waals surface area contributed by atoms with E-state index in [2.05, 4.69) is 52.6 Å². The largest absolute Gasteiger partial charge is 0.505 e. The monoisotopic (exact) mass is 810 g/mol. The molecule has 0 aromatic heterocycles. The highest BCUT2D eigenvalue weighted by atomic mass is 32.2. The van der Waals surface area contributed by atoms with E-state index in [1.165, 1.54) is 27.5 Å². The van der Waals surface area contributed by atoms with Crippen LogP contribution in [0.1, 0.15) is 72.9 Å². The molecule has 2 aliphatic rings. The zero-order chi connectivity index (χ0) is 41.5. The smallest absolute Gasteiger partial charge is 0.271 e. The number of phenolic OH excluding ortho intramolecular Hbond substituents is 2. The number of nitrogens with two attached hydrogens (primary N) is 1. The van der Waals surface area contributed by atoms with Crippen molar-refractivity contribution in [1.29, 1.82) is 0 Å². The van der Waals surface area contributed by atoms with E-state index in [4.69, 9.17) is 10.5 Å². The number of aromatic hydroxyl groups is 2. The minimum absolute atomic E-state index is 0.101. The molecule has 2 aliphatic heterocycles. The molecule has 17 nitrogen and oxygen atoms in total. The van der Waals surface area contributed by atoms with Gasteiger partial charge in [-0.25, -0.2) is 8.42 Å². The normalized spacial score (nSPS) is 16.5. The number of nitrogens with one attached hydrogen (secondary N) is 3. The summed E-state index contributed by atoms with van der Waals surface area (Å²) in [6.45, 7) is 8.17. The van der Waals surface area contributed by atoms with Gasteiger partial charge in [0.15, 0.2) is 23.2 Å². The second kappa shape index (κ2) is 21.4. The zero-order valence-electron chi connectivity index (χ0n) is 32.6. The minimum atomic E-state index is -1.75. The molecule has 0 saturated heterocycles. The van der Waals surface area contributed by atoms with Crippen LogP contribution in [0, 0.1) is 0 Å². The topological polar surface area (TPSA) is 236 Å². The predicted octanol–water partition coefficient (Wildman–Crippen LogP) is 4.31. The van der Waals surface area contributed by atoms with Crippen molar-refractivity contribution in [3.05, 3.63) is 83.4 Å². The molecule has 3 aromatic rings. The first-order valence-corrected chi connectivity index (χ1v) is 19.7. The van der Waals surface area contributed by atoms with Gasteiger partial charge >= 0.3 is 0 Å². The number of hydrogen-bond donors (Lipinski definition) is 6. The number of carbonyl (C=O) groups excluding carboxylic acids is 2. The van der Waals surface area contributed by atoms with Gasteiger partial charge in [-0.2, -0.15) is 0 Å². The standard InChI is InChI=1S/C15H21N5O3S.C13H16N4O4S.C9H13N/c1-5-9(2)16-13-14(19-24(23)18-13)17-11-8-6-7-10(12(11)21)15(22)20(3)4;1-4-21-12-11(15-22(20)16-12)14-9-7-5-6-8(10(9)18)13(19)17(2)3;1-2-9(10)8-6-4-3-5-7-8/h6-9,21H,5H2,1-4H3,(H,16,18)(H,17,19);5-7,18H,4H2,1-3H3,(H,14,15);3-7,9H,2,10H2,1H3/t9-,24?;;9-/m0.1/s1. The highest BCUT2D eigenvalue weighted by molar-refractivity contribution is 7.83. The van der Waals surface area contributed by atoms with Crippen LogP contribution in [-0.4, -0.2) is 104 Å². The van der Waals surface area contributed by atoms with Crippen molar-refractivity contribution < 1.29 is 33.0 Å². The number of amides is 2. The molecular formula is C37H50N10O7S2. The summed E-state index contributed by atoms with van der Waals surface area (Å²) in [7, 11) is 6.39. The molecule has 0 saturated carbocycles. The van der Waals surface area contributed by atoms with E-state index in [1.54, 1.807) is 59.4 Å². The molecule has 302 valence electrons. The van der Waals surface area contributed by atoms with Gasteiger partial charge in [-0.1, -0.05) is 56.3 Å². The number of ether oxygens (including phenoxy) is 1. The van der Waals surface area contributed by atoms with Crippen LogP contribution in [0.4, 0.5) is 11.4 Å². The van der Waals surface area contributed by atoms with Crippen molar-refractivity contribution in [1.82, 2.24) is 15.1 Å². The van der Waals surface area contributed by atoms with Gasteiger partial charge in [-0.3, -0.25) is 9.59 Å². The number of anilines is 2. The lowest BCUT2D eigenvalue weighted by molar-refractivity contribution is 0.0817. The third-order valence-corrected chi connectivity index (χ3v) is 9.23. The molecule has 7 N–H and O–H groups in total. The van der Waals surface area contributed by atoms with E-state index in [9.17, 15) is 28.2 Å². The maximum absolute atomic E-state index is 12.1. The fourth-order valence-electron chi connectivity index (χ4n) is 4.64. The van der Waals surface area contributed by atoms with E-state index in [1.807, 2.05) is 32.0 Å². The van der Waals surface area contributed by atoms with Crippen LogP contribution in [-0.2, 0) is 27.1 Å². The lowest BCUT2D eigenvalue weighted by atomic mass is 10.1. The summed E-state index contributed by atoms with van der Waals surface area (Å²) in [4.78, 5) is 26.8. The summed E-state index contributed by atoms with van der Waals surface area (Å²) in [5, 5.41) is 29.4. The van der Waals surface area contributed by atoms with Gasteiger partial charge in [-0.15, -0.1) is 17.6 Å². The van der Waals surface area contributed by atoms with Crippen molar-refractivity contribution in [2.75, 3.05) is 45.4 Å². The summed E-state index contributed by atoms with van der Waals surface area (Å²) < 4.78 is 43.5. The lowest BCUT2D eigenvalue weighted by Gasteiger charge is -2.16. The molecule has 0 fully saturated rings. The third-order valence-electron chi connectivity index (χ3n) is 7.89. The Morgan fingerprint density at radius 3 is 1.68 bits per heavy atom. The Morgan fingerprint density at radius 1 is 0.714 bits per heavy atom. The molecule has 0 bridgehead atoms. The SMILES string of the molecule is CCOC1=NS(=O)N=C1Nc1cccc(C(=O)N(C)C)c1O.CC[C@@H](N)c1ccccc1.CC[C@H](C)NC1=NS(=O)N=C1Nc1cccc(C(=O)N(C)C)c1O. The molecule has 19 heteroatoms. The number of nitrogens with zero attached hydrogens (tertiary/aromatic N) is 6. The Bertz CT molecular complexity index is 2020. The molecule has 56 heavy (non-hydrogen) atoms. The van der Waals surface area contributed by atoms with E-state index in [-0.39, 0.29) is 69.8 Å². The Morgan fingerprint density at radius 2 is 1.20 bits per heavy atom. The Hall–Kier alpha value is -5.66. The van der Waals surface area contributed by atoms with Crippen molar-refractivity contribution in [3.63, 3.8) is 0 Å². The van der Waals surface area contributed by atoms with Crippen LogP contribution >= 0.6 is 0 Å². The molecule has 2 heterocycles. The Labute approximate surface area is 332 Å². The summed E-state index contributed by atoms with van der Waals surface area (Å²) in [5.41, 5.74) is 7.87. The van der Waals surface area contributed by atoms with Crippen molar-refractivity contribution in [3.8, 4) is 11.5 Å². The van der Waals surface area contributed by atoms with E-state index in [0.29, 0.717) is 18.1 Å². The van der Waals surface area contributed by atoms with Crippen LogP contribution in [0.5, 0.6) is 11.5 Å². The Balaban J connectivity index is 0.000000243. The van der Waals surface area contributed by atoms with Crippen LogP contribution in [0.25, 0.3) is 0 Å². The molecule has 2 amide bonds. The molecule has 0 spiro atoms. The van der Waals surface area contributed by atoms with Gasteiger partial charge in [0, 0.05) is 40.3 Å². The molecule has 3 aromatic carbocycles. The summed E-state index contributed by atoms with van der Waals surface area (Å²) in [6.07, 6.45) is 1.86. The van der Waals surface area contributed by atoms with Crippen LogP contribution < -0.4 is 21.7 Å². The number of benzene rings is 3. The van der Waals surface area contributed by atoms with E-state index >= 15 is 0 Å². The maximum Gasteiger partial charge on any atom is 0.271 e. The number of hydrogen-bond acceptors (Lipinski definition) is 11. The molecule has 0 radical (unpaired) electrons. The minimum Gasteiger partial charge on any atom is -0.505 e. The quantitative estimate of drug-likeness (QED) is 0.167. The van der Waals surface area contributed by atoms with Gasteiger partial charge in [0.2, 0.25) is 5.84 Å². The number of para-hydroxylation sites is 2. The van der Waals surface area contributed by atoms with E-state index < -0.39 is 22.3 Å². The van der Waals surface area contributed by atoms with Gasteiger partial charge in [0.1, 0.15) is 0 Å². The second-order valence-electron chi connectivity index (χ2n) is 12.5. The van der Waals surface area contributed by atoms with Gasteiger partial charge < -0.3 is 46.4 Å². The first-order chi connectivity index (χ1) is 26.6. The van der Waals surface area contributed by atoms with Crippen LogP contribution in [0.2, 0.25) is 0 Å². The predicted molar refractivity (Wildman–Crippen MR) is 224 cm³/mol. The Kier molecular flexibility index (Phi) is 17.1. The zero-order valence-corrected chi connectivity index (χ0v) is 34.3. The molecular weight excluding hydrogens is 761 g/mol. The molecule has 0 aliphatic carbocycles. The highest BCUT2D eigenvalue weighted by Crippen LogP contribution is 2.30. The highest BCUT2D eigenvalue weighted by Gasteiger charge is 2.25. The number of rotatable bonds is 9. The van der Waals surface area contributed by atoms with Crippen molar-refractivity contribution in [2.45, 2.75) is 52.6 Å². The molecule has 2 unspecified atom stereocenters. The second-order valence-corrected chi connectivity index (χ2v) is 14.2. The summed E-state index contributed by atoms with van der Waals surface area (Å²) in [5.74, 6) is -0.201. The number of phenols is 2.